The van der Waals surface area contributed by atoms with Crippen molar-refractivity contribution in [3.05, 3.63) is 59.7 Å². The predicted molar refractivity (Wildman–Crippen MR) is 88.8 cm³/mol. The largest absolute Gasteiger partial charge is 0.478 e. The number of hydrogen-bond acceptors (Lipinski definition) is 5. The minimum atomic E-state index is -3.22. The molecule has 2 N–H and O–H groups in total. The number of nitrogens with zero attached hydrogens (tertiary/aromatic N) is 1. The molecule has 2 aromatic carbocycles. The summed E-state index contributed by atoms with van der Waals surface area (Å²) in [6.45, 7) is 1.77. The monoisotopic (exact) mass is 332 g/mol. The molecule has 0 saturated carbocycles. The molecule has 0 aromatic heterocycles. The second-order valence-electron chi connectivity index (χ2n) is 4.99. The van der Waals surface area contributed by atoms with Crippen LogP contribution in [0.2, 0.25) is 0 Å². The summed E-state index contributed by atoms with van der Waals surface area (Å²) < 4.78 is 22.8. The molecule has 0 amide bonds. The van der Waals surface area contributed by atoms with Gasteiger partial charge in [-0.1, -0.05) is 18.2 Å². The van der Waals surface area contributed by atoms with Crippen LogP contribution in [0.4, 0.5) is 5.69 Å². The van der Waals surface area contributed by atoms with E-state index in [-0.39, 0.29) is 10.5 Å². The maximum atomic E-state index is 11.4. The smallest absolute Gasteiger partial charge is 0.335 e. The highest BCUT2D eigenvalue weighted by Crippen LogP contribution is 2.13. The Morgan fingerprint density at radius 3 is 2.30 bits per heavy atom. The van der Waals surface area contributed by atoms with Gasteiger partial charge in [-0.25, -0.2) is 13.2 Å². The van der Waals surface area contributed by atoms with Crippen molar-refractivity contribution in [1.82, 2.24) is 0 Å². The molecule has 0 fully saturated rings. The van der Waals surface area contributed by atoms with Crippen LogP contribution in [0.5, 0.6) is 0 Å². The SMILES string of the molecule is CC(=NNc1cccc(C(=O)O)c1)c1ccc(S(C)(=O)=O)cc1. The lowest BCUT2D eigenvalue weighted by atomic mass is 10.1. The molecule has 0 radical (unpaired) electrons. The zero-order chi connectivity index (χ0) is 17.0. The van der Waals surface area contributed by atoms with Crippen LogP contribution in [0.3, 0.4) is 0 Å². The lowest BCUT2D eigenvalue weighted by molar-refractivity contribution is 0.0697. The van der Waals surface area contributed by atoms with Crippen molar-refractivity contribution in [3.8, 4) is 0 Å². The van der Waals surface area contributed by atoms with Crippen LogP contribution in [0.15, 0.2) is 58.5 Å². The van der Waals surface area contributed by atoms with E-state index < -0.39 is 15.8 Å². The van der Waals surface area contributed by atoms with Gasteiger partial charge in [-0.2, -0.15) is 5.10 Å². The Hall–Kier alpha value is -2.67. The van der Waals surface area contributed by atoms with E-state index in [1.807, 2.05) is 0 Å². The number of anilines is 1. The van der Waals surface area contributed by atoms with E-state index in [1.165, 1.54) is 24.3 Å². The molecule has 0 saturated heterocycles. The van der Waals surface area contributed by atoms with Gasteiger partial charge in [0.2, 0.25) is 0 Å². The molecule has 0 aliphatic carbocycles. The number of rotatable bonds is 5. The molecule has 0 heterocycles. The minimum absolute atomic E-state index is 0.167. The number of benzene rings is 2. The van der Waals surface area contributed by atoms with Crippen molar-refractivity contribution in [2.24, 2.45) is 5.10 Å². The van der Waals surface area contributed by atoms with Gasteiger partial charge < -0.3 is 5.11 Å². The third kappa shape index (κ3) is 4.40. The Balaban J connectivity index is 2.17. The van der Waals surface area contributed by atoms with Crippen LogP contribution in [0.25, 0.3) is 0 Å². The average Bonchev–Trinajstić information content (AvgIpc) is 2.52. The van der Waals surface area contributed by atoms with E-state index in [0.717, 1.165) is 11.8 Å². The second kappa shape index (κ2) is 6.62. The lowest BCUT2D eigenvalue weighted by Gasteiger charge is -2.05. The van der Waals surface area contributed by atoms with E-state index >= 15 is 0 Å². The van der Waals surface area contributed by atoms with E-state index in [9.17, 15) is 13.2 Å². The number of carboxylic acid groups (broad SMARTS) is 1. The molecule has 0 atom stereocenters. The second-order valence-corrected chi connectivity index (χ2v) is 7.01. The Morgan fingerprint density at radius 2 is 1.74 bits per heavy atom. The van der Waals surface area contributed by atoms with Crippen LogP contribution in [0.1, 0.15) is 22.8 Å². The van der Waals surface area contributed by atoms with Gasteiger partial charge in [0.25, 0.3) is 0 Å². The third-order valence-electron chi connectivity index (χ3n) is 3.16. The van der Waals surface area contributed by atoms with Gasteiger partial charge in [-0.15, -0.1) is 0 Å². The molecule has 0 bridgehead atoms. The number of carbonyl (C=O) groups is 1. The van der Waals surface area contributed by atoms with Gasteiger partial charge in [0.1, 0.15) is 0 Å². The first-order chi connectivity index (χ1) is 10.8. The number of aromatic carboxylic acids is 1. The van der Waals surface area contributed by atoms with Gasteiger partial charge >= 0.3 is 5.97 Å². The predicted octanol–water partition coefficient (Wildman–Crippen LogP) is 2.62. The summed E-state index contributed by atoms with van der Waals surface area (Å²) in [6, 6.07) is 12.7. The normalized spacial score (nSPS) is 12.0. The van der Waals surface area contributed by atoms with Crippen molar-refractivity contribution in [3.63, 3.8) is 0 Å². The van der Waals surface area contributed by atoms with E-state index in [1.54, 1.807) is 31.2 Å². The summed E-state index contributed by atoms with van der Waals surface area (Å²) in [4.78, 5) is 11.2. The molecule has 120 valence electrons. The minimum Gasteiger partial charge on any atom is -0.478 e. The Labute approximate surface area is 134 Å². The van der Waals surface area contributed by atoms with E-state index in [2.05, 4.69) is 10.5 Å². The fourth-order valence-electron chi connectivity index (χ4n) is 1.88. The van der Waals surface area contributed by atoms with Gasteiger partial charge in [0, 0.05) is 6.26 Å². The van der Waals surface area contributed by atoms with Gasteiger partial charge in [0.05, 0.1) is 21.9 Å². The highest BCUT2D eigenvalue weighted by atomic mass is 32.2. The third-order valence-corrected chi connectivity index (χ3v) is 4.29. The van der Waals surface area contributed by atoms with E-state index in [4.69, 9.17) is 5.11 Å². The highest BCUT2D eigenvalue weighted by Gasteiger charge is 2.07. The molecule has 0 unspecified atom stereocenters. The summed E-state index contributed by atoms with van der Waals surface area (Å²) in [7, 11) is -3.22. The van der Waals surface area contributed by atoms with Crippen LogP contribution < -0.4 is 5.43 Å². The zero-order valence-electron chi connectivity index (χ0n) is 12.6. The van der Waals surface area contributed by atoms with Gasteiger partial charge in [-0.3, -0.25) is 5.43 Å². The number of sulfone groups is 1. The summed E-state index contributed by atoms with van der Waals surface area (Å²) in [5.74, 6) is -1.01. The van der Waals surface area contributed by atoms with Crippen molar-refractivity contribution < 1.29 is 18.3 Å². The molecule has 7 heteroatoms. The maximum Gasteiger partial charge on any atom is 0.335 e. The highest BCUT2D eigenvalue weighted by molar-refractivity contribution is 7.90. The summed E-state index contributed by atoms with van der Waals surface area (Å²) in [5.41, 5.74) is 4.92. The molecule has 0 aliphatic heterocycles. The molecule has 2 rings (SSSR count). The summed E-state index contributed by atoms with van der Waals surface area (Å²) in [6.07, 6.45) is 1.15. The fourth-order valence-corrected chi connectivity index (χ4v) is 2.51. The summed E-state index contributed by atoms with van der Waals surface area (Å²) >= 11 is 0. The molecular formula is C16H16N2O4S. The van der Waals surface area contributed by atoms with Crippen molar-refractivity contribution in [1.29, 1.82) is 0 Å². The van der Waals surface area contributed by atoms with E-state index in [0.29, 0.717) is 11.4 Å². The Morgan fingerprint density at radius 1 is 1.09 bits per heavy atom. The first-order valence-electron chi connectivity index (χ1n) is 6.71. The molecule has 0 aliphatic rings. The summed E-state index contributed by atoms with van der Waals surface area (Å²) in [5, 5.41) is 13.1. The van der Waals surface area contributed by atoms with Crippen LogP contribution in [-0.2, 0) is 9.84 Å². The number of hydrogen-bond donors (Lipinski definition) is 2. The van der Waals surface area contributed by atoms with Crippen molar-refractivity contribution in [2.75, 3.05) is 11.7 Å². The maximum absolute atomic E-state index is 11.4. The van der Waals surface area contributed by atoms with Gasteiger partial charge in [0.15, 0.2) is 9.84 Å². The Bertz CT molecular complexity index is 856. The van der Waals surface area contributed by atoms with Crippen LogP contribution in [0, 0.1) is 0 Å². The lowest BCUT2D eigenvalue weighted by Crippen LogP contribution is -2.02. The molecule has 23 heavy (non-hydrogen) atoms. The number of nitrogens with one attached hydrogen (secondary N) is 1. The quantitative estimate of drug-likeness (QED) is 0.648. The molecule has 6 nitrogen and oxygen atoms in total. The first kappa shape index (κ1) is 16.7. The number of carboxylic acids is 1. The van der Waals surface area contributed by atoms with Crippen LogP contribution >= 0.6 is 0 Å². The fraction of sp³-hybridized carbons (Fsp3) is 0.125. The average molecular weight is 332 g/mol. The van der Waals surface area contributed by atoms with Crippen LogP contribution in [-0.4, -0.2) is 31.5 Å². The standard InChI is InChI=1S/C16H16N2O4S/c1-11(12-6-8-15(9-7-12)23(2,21)22)17-18-14-5-3-4-13(10-14)16(19)20/h3-10,18H,1-2H3,(H,19,20). The topological polar surface area (TPSA) is 95.8 Å². The zero-order valence-corrected chi connectivity index (χ0v) is 13.5. The molecule has 0 spiro atoms. The molecule has 2 aromatic rings. The van der Waals surface area contributed by atoms with Crippen molar-refractivity contribution >= 4 is 27.2 Å². The van der Waals surface area contributed by atoms with Crippen molar-refractivity contribution in [2.45, 2.75) is 11.8 Å². The first-order valence-corrected chi connectivity index (χ1v) is 8.60. The molecular weight excluding hydrogens is 316 g/mol. The Kier molecular flexibility index (Phi) is 4.80. The number of hydrazone groups is 1. The van der Waals surface area contributed by atoms with Gasteiger partial charge in [-0.05, 0) is 42.8 Å².